The zero-order chi connectivity index (χ0) is 12.4. The van der Waals surface area contributed by atoms with Crippen molar-refractivity contribution in [3.05, 3.63) is 11.1 Å². The summed E-state index contributed by atoms with van der Waals surface area (Å²) < 4.78 is 3.59. The van der Waals surface area contributed by atoms with E-state index >= 15 is 0 Å². The Morgan fingerprint density at radius 2 is 2.41 bits per heavy atom. The molecule has 1 saturated heterocycles. The van der Waals surface area contributed by atoms with E-state index in [1.165, 1.54) is 11.1 Å². The van der Waals surface area contributed by atoms with Gasteiger partial charge in [-0.15, -0.1) is 5.10 Å². The van der Waals surface area contributed by atoms with E-state index in [4.69, 9.17) is 0 Å². The summed E-state index contributed by atoms with van der Waals surface area (Å²) in [5.74, 6) is -1.28. The van der Waals surface area contributed by atoms with Crippen molar-refractivity contribution in [2.75, 3.05) is 6.54 Å². The number of carbonyl (C=O) groups excluding carboxylic acids is 3. The van der Waals surface area contributed by atoms with Crippen LogP contribution in [0.2, 0.25) is 0 Å². The van der Waals surface area contributed by atoms with Crippen molar-refractivity contribution < 1.29 is 14.4 Å². The Morgan fingerprint density at radius 1 is 1.65 bits per heavy atom. The number of rotatable bonds is 2. The van der Waals surface area contributed by atoms with Crippen LogP contribution in [0.25, 0.3) is 0 Å². The Labute approximate surface area is 101 Å². The summed E-state index contributed by atoms with van der Waals surface area (Å²) in [7, 11) is 0. The SMILES string of the molecule is CCC1C(=O)NC(=O)CN1C(=O)c1cnns1. The van der Waals surface area contributed by atoms with Crippen molar-refractivity contribution in [2.24, 2.45) is 0 Å². The third kappa shape index (κ3) is 2.16. The summed E-state index contributed by atoms with van der Waals surface area (Å²) in [6.45, 7) is 1.67. The zero-order valence-corrected chi connectivity index (χ0v) is 9.86. The van der Waals surface area contributed by atoms with Gasteiger partial charge in [0.25, 0.3) is 5.91 Å². The highest BCUT2D eigenvalue weighted by Gasteiger charge is 2.36. The van der Waals surface area contributed by atoms with Gasteiger partial charge in [-0.05, 0) is 18.0 Å². The van der Waals surface area contributed by atoms with Gasteiger partial charge in [-0.1, -0.05) is 11.4 Å². The van der Waals surface area contributed by atoms with E-state index in [9.17, 15) is 14.4 Å². The molecule has 1 aromatic rings. The van der Waals surface area contributed by atoms with Crippen LogP contribution in [-0.2, 0) is 9.59 Å². The minimum Gasteiger partial charge on any atom is -0.316 e. The minimum atomic E-state index is -0.609. The van der Waals surface area contributed by atoms with Gasteiger partial charge in [-0.25, -0.2) is 0 Å². The van der Waals surface area contributed by atoms with Crippen LogP contribution in [0.4, 0.5) is 0 Å². The van der Waals surface area contributed by atoms with Crippen molar-refractivity contribution in [3.63, 3.8) is 0 Å². The molecule has 1 aromatic heterocycles. The first-order valence-corrected chi connectivity index (χ1v) is 5.82. The summed E-state index contributed by atoms with van der Waals surface area (Å²) in [4.78, 5) is 36.5. The molecule has 0 bridgehead atoms. The van der Waals surface area contributed by atoms with Crippen molar-refractivity contribution in [1.29, 1.82) is 0 Å². The molecule has 8 heteroatoms. The Balaban J connectivity index is 2.25. The van der Waals surface area contributed by atoms with Crippen LogP contribution in [0, 0.1) is 0 Å². The molecule has 0 saturated carbocycles. The molecule has 0 aliphatic carbocycles. The molecule has 2 rings (SSSR count). The first-order valence-electron chi connectivity index (χ1n) is 5.05. The largest absolute Gasteiger partial charge is 0.316 e. The summed E-state index contributed by atoms with van der Waals surface area (Å²) >= 11 is 0.944. The molecule has 1 aliphatic heterocycles. The van der Waals surface area contributed by atoms with Crippen LogP contribution in [0.15, 0.2) is 6.20 Å². The Morgan fingerprint density at radius 3 is 3.00 bits per heavy atom. The third-order valence-electron chi connectivity index (χ3n) is 2.48. The lowest BCUT2D eigenvalue weighted by Crippen LogP contribution is -2.59. The number of nitrogens with zero attached hydrogens (tertiary/aromatic N) is 3. The number of hydrogen-bond donors (Lipinski definition) is 1. The molecular weight excluding hydrogens is 244 g/mol. The summed E-state index contributed by atoms with van der Waals surface area (Å²) in [6.07, 6.45) is 1.79. The van der Waals surface area contributed by atoms with E-state index < -0.39 is 17.9 Å². The molecule has 1 atom stereocenters. The Bertz CT molecular complexity index is 459. The number of nitrogens with one attached hydrogen (secondary N) is 1. The van der Waals surface area contributed by atoms with Crippen LogP contribution in [-0.4, -0.2) is 44.8 Å². The van der Waals surface area contributed by atoms with Gasteiger partial charge in [-0.2, -0.15) is 0 Å². The highest BCUT2D eigenvalue weighted by Crippen LogP contribution is 2.15. The van der Waals surface area contributed by atoms with Crippen molar-refractivity contribution in [2.45, 2.75) is 19.4 Å². The van der Waals surface area contributed by atoms with E-state index in [2.05, 4.69) is 14.9 Å². The minimum absolute atomic E-state index is 0.110. The molecule has 0 spiro atoms. The maximum atomic E-state index is 12.0. The molecule has 0 aromatic carbocycles. The number of amides is 3. The molecule has 90 valence electrons. The zero-order valence-electron chi connectivity index (χ0n) is 9.04. The van der Waals surface area contributed by atoms with Gasteiger partial charge < -0.3 is 4.90 Å². The molecule has 1 N–H and O–H groups in total. The lowest BCUT2D eigenvalue weighted by atomic mass is 10.1. The molecule has 17 heavy (non-hydrogen) atoms. The predicted molar refractivity (Wildman–Crippen MR) is 58.2 cm³/mol. The van der Waals surface area contributed by atoms with E-state index in [-0.39, 0.29) is 12.5 Å². The topological polar surface area (TPSA) is 92.3 Å². The summed E-state index contributed by atoms with van der Waals surface area (Å²) in [5.41, 5.74) is 0. The highest BCUT2D eigenvalue weighted by molar-refractivity contribution is 7.07. The molecule has 7 nitrogen and oxygen atoms in total. The fourth-order valence-corrected chi connectivity index (χ4v) is 2.16. The number of hydrogen-bond acceptors (Lipinski definition) is 6. The van der Waals surface area contributed by atoms with Gasteiger partial charge in [0, 0.05) is 0 Å². The lowest BCUT2D eigenvalue weighted by molar-refractivity contribution is -0.138. The van der Waals surface area contributed by atoms with Gasteiger partial charge in [0.15, 0.2) is 0 Å². The highest BCUT2D eigenvalue weighted by atomic mass is 32.1. The maximum Gasteiger partial charge on any atom is 0.268 e. The average molecular weight is 254 g/mol. The smallest absolute Gasteiger partial charge is 0.268 e. The number of imide groups is 1. The summed E-state index contributed by atoms with van der Waals surface area (Å²) in [6, 6.07) is -0.609. The van der Waals surface area contributed by atoms with Gasteiger partial charge in [0.05, 0.1) is 6.20 Å². The van der Waals surface area contributed by atoms with E-state index in [1.807, 2.05) is 0 Å². The first kappa shape index (κ1) is 11.6. The van der Waals surface area contributed by atoms with Crippen LogP contribution in [0.5, 0.6) is 0 Å². The molecule has 1 aliphatic rings. The first-order chi connectivity index (χ1) is 8.13. The fraction of sp³-hybridized carbons (Fsp3) is 0.444. The number of piperazine rings is 1. The maximum absolute atomic E-state index is 12.0. The fourth-order valence-electron chi connectivity index (χ4n) is 1.69. The van der Waals surface area contributed by atoms with E-state index in [0.29, 0.717) is 11.3 Å². The summed E-state index contributed by atoms with van der Waals surface area (Å²) in [5, 5.41) is 5.77. The van der Waals surface area contributed by atoms with Crippen molar-refractivity contribution >= 4 is 29.3 Å². The molecular formula is C9H10N4O3S. The van der Waals surface area contributed by atoms with Gasteiger partial charge >= 0.3 is 0 Å². The van der Waals surface area contributed by atoms with Crippen LogP contribution >= 0.6 is 11.5 Å². The van der Waals surface area contributed by atoms with Gasteiger partial charge in [0.1, 0.15) is 17.5 Å². The quantitative estimate of drug-likeness (QED) is 0.712. The standard InChI is InChI=1S/C9H10N4O3S/c1-2-5-8(15)11-7(14)4-13(5)9(16)6-3-10-12-17-6/h3,5H,2,4H2,1H3,(H,11,14,15). The van der Waals surface area contributed by atoms with Crippen molar-refractivity contribution in [1.82, 2.24) is 19.8 Å². The second kappa shape index (κ2) is 4.58. The molecule has 3 amide bonds. The Hall–Kier alpha value is -1.83. The molecule has 1 fully saturated rings. The van der Waals surface area contributed by atoms with Crippen molar-refractivity contribution in [3.8, 4) is 0 Å². The monoisotopic (exact) mass is 254 g/mol. The lowest BCUT2D eigenvalue weighted by Gasteiger charge is -2.32. The molecule has 1 unspecified atom stereocenters. The average Bonchev–Trinajstić information content (AvgIpc) is 2.80. The van der Waals surface area contributed by atoms with E-state index in [1.54, 1.807) is 6.92 Å². The second-order valence-electron chi connectivity index (χ2n) is 3.55. The number of aromatic nitrogens is 2. The van der Waals surface area contributed by atoms with Crippen LogP contribution in [0.1, 0.15) is 23.0 Å². The van der Waals surface area contributed by atoms with E-state index in [0.717, 1.165) is 11.5 Å². The van der Waals surface area contributed by atoms with Gasteiger partial charge in [-0.3, -0.25) is 19.7 Å². The van der Waals surface area contributed by atoms with Crippen LogP contribution in [0.3, 0.4) is 0 Å². The van der Waals surface area contributed by atoms with Crippen LogP contribution < -0.4 is 5.32 Å². The molecule has 0 radical (unpaired) electrons. The Kier molecular flexibility index (Phi) is 3.14. The second-order valence-corrected chi connectivity index (χ2v) is 4.34. The van der Waals surface area contributed by atoms with Gasteiger partial charge in [0.2, 0.25) is 11.8 Å². The molecule has 2 heterocycles. The normalized spacial score (nSPS) is 20.3. The third-order valence-corrected chi connectivity index (χ3v) is 3.13. The predicted octanol–water partition coefficient (Wildman–Crippen LogP) is -0.585. The number of carbonyl (C=O) groups is 3.